The van der Waals surface area contributed by atoms with Gasteiger partial charge in [-0.05, 0) is 26.0 Å². The van der Waals surface area contributed by atoms with E-state index in [0.717, 1.165) is 27.7 Å². The third-order valence-electron chi connectivity index (χ3n) is 2.67. The van der Waals surface area contributed by atoms with Gasteiger partial charge in [-0.3, -0.25) is 0 Å². The molecule has 2 rings (SSSR count). The van der Waals surface area contributed by atoms with Gasteiger partial charge in [-0.15, -0.1) is 0 Å². The van der Waals surface area contributed by atoms with Crippen LogP contribution in [0.3, 0.4) is 0 Å². The highest BCUT2D eigenvalue weighted by atomic mass is 14.9. The lowest BCUT2D eigenvalue weighted by Gasteiger charge is -2.06. The minimum Gasteiger partial charge on any atom is -0.233 e. The molecule has 2 heteroatoms. The van der Waals surface area contributed by atoms with Gasteiger partial charge in [0.05, 0.1) is 5.52 Å². The molecule has 0 fully saturated rings. The van der Waals surface area contributed by atoms with Crippen LogP contribution in [0.1, 0.15) is 18.4 Å². The van der Waals surface area contributed by atoms with Crippen molar-refractivity contribution in [2.24, 2.45) is 0 Å². The van der Waals surface area contributed by atoms with Gasteiger partial charge in [0.25, 0.3) is 0 Å². The van der Waals surface area contributed by atoms with Crippen molar-refractivity contribution in [2.45, 2.75) is 13.8 Å². The zero-order valence-corrected chi connectivity index (χ0v) is 10.8. The molecule has 0 N–H and O–H groups in total. The Bertz CT molecular complexity index is 651. The van der Waals surface area contributed by atoms with Crippen LogP contribution in [-0.4, -0.2) is 9.97 Å². The highest BCUT2D eigenvalue weighted by Crippen LogP contribution is 2.19. The van der Waals surface area contributed by atoms with E-state index in [9.17, 15) is 0 Å². The Kier molecular flexibility index (Phi) is 3.38. The Labute approximate surface area is 107 Å². The van der Waals surface area contributed by atoms with E-state index in [4.69, 9.17) is 0 Å². The van der Waals surface area contributed by atoms with Gasteiger partial charge in [0.1, 0.15) is 0 Å². The molecular weight excluding hydrogens is 220 g/mol. The first-order valence-electron chi connectivity index (χ1n) is 5.85. The molecule has 1 heterocycles. The number of rotatable bonds is 3. The number of fused-ring (bicyclic) bond motifs is 1. The first-order valence-corrected chi connectivity index (χ1v) is 5.85. The molecule has 2 aromatic rings. The van der Waals surface area contributed by atoms with Crippen LogP contribution in [0.25, 0.3) is 16.5 Å². The first kappa shape index (κ1) is 12.2. The SMILES string of the molecule is C=C/C(=C\C(=C)C)c1nc(C)c2ccccc2n1. The Morgan fingerprint density at radius 3 is 2.61 bits per heavy atom. The van der Waals surface area contributed by atoms with Gasteiger partial charge in [0.2, 0.25) is 0 Å². The summed E-state index contributed by atoms with van der Waals surface area (Å²) in [7, 11) is 0. The predicted octanol–water partition coefficient (Wildman–Crippen LogP) is 4.08. The average Bonchev–Trinajstić information content (AvgIpc) is 2.35. The normalized spacial score (nSPS) is 11.6. The fourth-order valence-corrected chi connectivity index (χ4v) is 1.84. The molecule has 0 unspecified atom stereocenters. The summed E-state index contributed by atoms with van der Waals surface area (Å²) in [5, 5.41) is 1.08. The molecule has 0 aliphatic carbocycles. The number of allylic oxidation sites excluding steroid dienone is 4. The third-order valence-corrected chi connectivity index (χ3v) is 2.67. The third kappa shape index (κ3) is 2.38. The average molecular weight is 236 g/mol. The van der Waals surface area contributed by atoms with E-state index in [1.807, 2.05) is 44.2 Å². The standard InChI is InChI=1S/C16H16N2/c1-5-13(10-11(2)3)16-17-12(4)14-8-6-7-9-15(14)18-16/h5-10H,1-2H2,3-4H3/b13-10+. The van der Waals surface area contributed by atoms with Gasteiger partial charge in [0.15, 0.2) is 5.82 Å². The molecule has 18 heavy (non-hydrogen) atoms. The van der Waals surface area contributed by atoms with E-state index in [1.165, 1.54) is 0 Å². The lowest BCUT2D eigenvalue weighted by molar-refractivity contribution is 1.11. The monoisotopic (exact) mass is 236 g/mol. The molecule has 90 valence electrons. The number of para-hydroxylation sites is 1. The van der Waals surface area contributed by atoms with Crippen molar-refractivity contribution in [1.82, 2.24) is 9.97 Å². The van der Waals surface area contributed by atoms with Gasteiger partial charge in [0, 0.05) is 16.7 Å². The summed E-state index contributed by atoms with van der Waals surface area (Å²) in [5.41, 5.74) is 3.79. The van der Waals surface area contributed by atoms with Gasteiger partial charge < -0.3 is 0 Å². The summed E-state index contributed by atoms with van der Waals surface area (Å²) in [6.07, 6.45) is 3.70. The Morgan fingerprint density at radius 2 is 1.94 bits per heavy atom. The Morgan fingerprint density at radius 1 is 1.22 bits per heavy atom. The van der Waals surface area contributed by atoms with Crippen molar-refractivity contribution >= 4 is 16.5 Å². The lowest BCUT2D eigenvalue weighted by atomic mass is 10.1. The zero-order valence-electron chi connectivity index (χ0n) is 10.8. The molecule has 0 spiro atoms. The second-order valence-corrected chi connectivity index (χ2v) is 4.30. The topological polar surface area (TPSA) is 25.8 Å². The van der Waals surface area contributed by atoms with E-state index in [1.54, 1.807) is 6.08 Å². The van der Waals surface area contributed by atoms with E-state index in [2.05, 4.69) is 23.1 Å². The maximum Gasteiger partial charge on any atom is 0.160 e. The second kappa shape index (κ2) is 4.96. The number of aryl methyl sites for hydroxylation is 1. The smallest absolute Gasteiger partial charge is 0.160 e. The summed E-state index contributed by atoms with van der Waals surface area (Å²) in [5.74, 6) is 0.698. The van der Waals surface area contributed by atoms with E-state index in [0.29, 0.717) is 5.82 Å². The zero-order chi connectivity index (χ0) is 13.1. The van der Waals surface area contributed by atoms with Crippen LogP contribution in [0.15, 0.2) is 55.1 Å². The van der Waals surface area contributed by atoms with Gasteiger partial charge in [-0.2, -0.15) is 0 Å². The van der Waals surface area contributed by atoms with Crippen LogP contribution in [0.4, 0.5) is 0 Å². The minimum absolute atomic E-state index is 0.698. The van der Waals surface area contributed by atoms with Gasteiger partial charge >= 0.3 is 0 Å². The number of hydrogen-bond donors (Lipinski definition) is 0. The molecule has 0 saturated carbocycles. The van der Waals surface area contributed by atoms with Crippen LogP contribution < -0.4 is 0 Å². The largest absolute Gasteiger partial charge is 0.233 e. The van der Waals surface area contributed by atoms with Crippen molar-refractivity contribution in [3.8, 4) is 0 Å². The van der Waals surface area contributed by atoms with E-state index >= 15 is 0 Å². The highest BCUT2D eigenvalue weighted by Gasteiger charge is 2.06. The number of hydrogen-bond acceptors (Lipinski definition) is 2. The quantitative estimate of drug-likeness (QED) is 0.750. The van der Waals surface area contributed by atoms with Gasteiger partial charge in [-0.1, -0.05) is 43.0 Å². The molecule has 1 aromatic heterocycles. The summed E-state index contributed by atoms with van der Waals surface area (Å²) >= 11 is 0. The van der Waals surface area contributed by atoms with Crippen LogP contribution in [0.5, 0.6) is 0 Å². The van der Waals surface area contributed by atoms with Crippen LogP contribution >= 0.6 is 0 Å². The second-order valence-electron chi connectivity index (χ2n) is 4.30. The maximum absolute atomic E-state index is 4.57. The highest BCUT2D eigenvalue weighted by molar-refractivity contribution is 5.83. The molecule has 2 nitrogen and oxygen atoms in total. The van der Waals surface area contributed by atoms with Crippen molar-refractivity contribution in [3.05, 3.63) is 66.7 Å². The summed E-state index contributed by atoms with van der Waals surface area (Å²) < 4.78 is 0. The molecule has 0 aliphatic rings. The molecule has 0 aliphatic heterocycles. The lowest BCUT2D eigenvalue weighted by Crippen LogP contribution is -1.97. The Balaban J connectivity index is 2.65. The molecule has 0 saturated heterocycles. The van der Waals surface area contributed by atoms with Crippen LogP contribution in [-0.2, 0) is 0 Å². The minimum atomic E-state index is 0.698. The molecular formula is C16H16N2. The Hall–Kier alpha value is -2.22. The maximum atomic E-state index is 4.57. The van der Waals surface area contributed by atoms with Gasteiger partial charge in [-0.25, -0.2) is 9.97 Å². The first-order chi connectivity index (χ1) is 8.61. The summed E-state index contributed by atoms with van der Waals surface area (Å²) in [4.78, 5) is 9.10. The fraction of sp³-hybridized carbons (Fsp3) is 0.125. The van der Waals surface area contributed by atoms with Crippen LogP contribution in [0.2, 0.25) is 0 Å². The fourth-order valence-electron chi connectivity index (χ4n) is 1.84. The van der Waals surface area contributed by atoms with Crippen molar-refractivity contribution in [1.29, 1.82) is 0 Å². The van der Waals surface area contributed by atoms with Crippen LogP contribution in [0, 0.1) is 6.92 Å². The van der Waals surface area contributed by atoms with Crippen molar-refractivity contribution in [3.63, 3.8) is 0 Å². The molecule has 1 aromatic carbocycles. The number of nitrogens with zero attached hydrogens (tertiary/aromatic N) is 2. The summed E-state index contributed by atoms with van der Waals surface area (Å²) in [6.45, 7) is 11.6. The molecule has 0 amide bonds. The summed E-state index contributed by atoms with van der Waals surface area (Å²) in [6, 6.07) is 8.00. The predicted molar refractivity (Wildman–Crippen MR) is 77.3 cm³/mol. The van der Waals surface area contributed by atoms with E-state index < -0.39 is 0 Å². The molecule has 0 radical (unpaired) electrons. The molecule has 0 atom stereocenters. The van der Waals surface area contributed by atoms with Crippen molar-refractivity contribution in [2.75, 3.05) is 0 Å². The number of benzene rings is 1. The van der Waals surface area contributed by atoms with E-state index in [-0.39, 0.29) is 0 Å². The number of aromatic nitrogens is 2. The van der Waals surface area contributed by atoms with Crippen molar-refractivity contribution < 1.29 is 0 Å². The molecule has 0 bridgehead atoms.